The number of nitrogen functional groups attached to an aromatic ring is 1. The Bertz CT molecular complexity index is 634. The summed E-state index contributed by atoms with van der Waals surface area (Å²) in [5, 5.41) is 7.45. The molecule has 0 bridgehead atoms. The van der Waals surface area contributed by atoms with E-state index in [4.69, 9.17) is 11.1 Å². The molecule has 6 heteroatoms. The normalized spacial score (nSPS) is 14.3. The van der Waals surface area contributed by atoms with Crippen molar-refractivity contribution in [3.8, 4) is 0 Å². The van der Waals surface area contributed by atoms with E-state index in [0.29, 0.717) is 0 Å². The summed E-state index contributed by atoms with van der Waals surface area (Å²) in [5.74, 6) is 1.16. The van der Waals surface area contributed by atoms with Crippen molar-refractivity contribution < 1.29 is 0 Å². The fourth-order valence-corrected chi connectivity index (χ4v) is 2.94. The van der Waals surface area contributed by atoms with Gasteiger partial charge in [-0.1, -0.05) is 0 Å². The second-order valence-corrected chi connectivity index (χ2v) is 5.39. The molecule has 2 aromatic rings. The predicted molar refractivity (Wildman–Crippen MR) is 78.4 cm³/mol. The minimum atomic E-state index is 0.0847. The van der Waals surface area contributed by atoms with Gasteiger partial charge in [0.05, 0.1) is 12.2 Å². The van der Waals surface area contributed by atoms with Gasteiger partial charge in [0, 0.05) is 35.5 Å². The van der Waals surface area contributed by atoms with Gasteiger partial charge >= 0.3 is 0 Å². The summed E-state index contributed by atoms with van der Waals surface area (Å²) >= 11 is 3.56. The summed E-state index contributed by atoms with van der Waals surface area (Å²) in [4.78, 5) is 6.63. The lowest BCUT2D eigenvalue weighted by molar-refractivity contribution is 0.559. The number of rotatable bonds is 2. The fraction of sp³-hybridized carbons (Fsp3) is 0.231. The molecular weight excluding hydrogens is 306 g/mol. The first-order chi connectivity index (χ1) is 9.15. The van der Waals surface area contributed by atoms with Crippen LogP contribution >= 0.6 is 15.9 Å². The molecule has 98 valence electrons. The molecule has 5 nitrogen and oxygen atoms in total. The highest BCUT2D eigenvalue weighted by Crippen LogP contribution is 2.29. The molecule has 2 heterocycles. The molecule has 0 saturated heterocycles. The number of benzene rings is 1. The van der Waals surface area contributed by atoms with Crippen molar-refractivity contribution in [3.63, 3.8) is 0 Å². The molecule has 0 fully saturated rings. The number of fused-ring (bicyclic) bond motifs is 1. The van der Waals surface area contributed by atoms with Crippen LogP contribution in [0.15, 0.2) is 35.1 Å². The molecule has 19 heavy (non-hydrogen) atoms. The molecule has 0 spiro atoms. The second kappa shape index (κ2) is 4.70. The Morgan fingerprint density at radius 1 is 1.37 bits per heavy atom. The molecule has 0 aliphatic carbocycles. The summed E-state index contributed by atoms with van der Waals surface area (Å²) in [5.41, 5.74) is 7.34. The Labute approximate surface area is 119 Å². The van der Waals surface area contributed by atoms with E-state index in [0.717, 1.165) is 41.2 Å². The summed E-state index contributed by atoms with van der Waals surface area (Å²) in [6.07, 6.45) is 3.85. The Morgan fingerprint density at radius 3 is 2.95 bits per heavy atom. The summed E-state index contributed by atoms with van der Waals surface area (Å²) in [6, 6.07) is 5.77. The lowest BCUT2D eigenvalue weighted by Crippen LogP contribution is -2.33. The molecule has 0 amide bonds. The van der Waals surface area contributed by atoms with Gasteiger partial charge in [0.15, 0.2) is 0 Å². The number of imidazole rings is 1. The second-order valence-electron chi connectivity index (χ2n) is 4.54. The van der Waals surface area contributed by atoms with Crippen LogP contribution in [0.1, 0.15) is 11.4 Å². The number of halogens is 1. The van der Waals surface area contributed by atoms with Crippen LogP contribution in [-0.4, -0.2) is 21.9 Å². The Balaban J connectivity index is 1.90. The highest BCUT2D eigenvalue weighted by atomic mass is 79.9. The molecule has 1 aromatic carbocycles. The van der Waals surface area contributed by atoms with Gasteiger partial charge in [-0.05, 0) is 34.1 Å². The molecule has 0 saturated carbocycles. The standard InChI is InChI=1S/C13H14BrN5/c14-10-7-9(13(15)16)1-2-11(10)19-6-5-18-4-3-17-12(18)8-19/h1-4,7H,5-6,8H2,(H3,15,16). The van der Waals surface area contributed by atoms with E-state index in [1.54, 1.807) is 0 Å². The van der Waals surface area contributed by atoms with Crippen molar-refractivity contribution in [3.05, 3.63) is 46.5 Å². The maximum Gasteiger partial charge on any atom is 0.128 e. The van der Waals surface area contributed by atoms with E-state index in [9.17, 15) is 0 Å². The van der Waals surface area contributed by atoms with Crippen LogP contribution in [0.4, 0.5) is 5.69 Å². The van der Waals surface area contributed by atoms with E-state index < -0.39 is 0 Å². The van der Waals surface area contributed by atoms with Crippen molar-refractivity contribution in [2.45, 2.75) is 13.1 Å². The topological polar surface area (TPSA) is 70.9 Å². The molecule has 1 aliphatic rings. The molecule has 0 atom stereocenters. The predicted octanol–water partition coefficient (Wildman–Crippen LogP) is 1.95. The number of nitrogens with one attached hydrogen (secondary N) is 1. The van der Waals surface area contributed by atoms with Crippen LogP contribution in [0.3, 0.4) is 0 Å². The summed E-state index contributed by atoms with van der Waals surface area (Å²) in [6.45, 7) is 2.68. The summed E-state index contributed by atoms with van der Waals surface area (Å²) in [7, 11) is 0. The van der Waals surface area contributed by atoms with Crippen molar-refractivity contribution >= 4 is 27.5 Å². The smallest absolute Gasteiger partial charge is 0.128 e. The zero-order chi connectivity index (χ0) is 13.4. The quantitative estimate of drug-likeness (QED) is 0.656. The van der Waals surface area contributed by atoms with Crippen molar-refractivity contribution in [2.75, 3.05) is 11.4 Å². The molecule has 0 radical (unpaired) electrons. The minimum Gasteiger partial charge on any atom is -0.384 e. The monoisotopic (exact) mass is 319 g/mol. The zero-order valence-electron chi connectivity index (χ0n) is 10.3. The molecule has 0 unspecified atom stereocenters. The van der Waals surface area contributed by atoms with Gasteiger partial charge in [-0.25, -0.2) is 4.98 Å². The van der Waals surface area contributed by atoms with Crippen LogP contribution in [0.2, 0.25) is 0 Å². The lowest BCUT2D eigenvalue weighted by Gasteiger charge is -2.30. The van der Waals surface area contributed by atoms with E-state index in [2.05, 4.69) is 30.4 Å². The Morgan fingerprint density at radius 2 is 2.21 bits per heavy atom. The first kappa shape index (κ1) is 12.2. The molecular formula is C13H14BrN5. The SMILES string of the molecule is N=C(N)c1ccc(N2CCn3ccnc3C2)c(Br)c1. The van der Waals surface area contributed by atoms with Crippen LogP contribution in [0, 0.1) is 5.41 Å². The number of anilines is 1. The number of aromatic nitrogens is 2. The molecule has 3 N–H and O–H groups in total. The Kier molecular flexibility index (Phi) is 3.02. The van der Waals surface area contributed by atoms with Gasteiger partial charge in [-0.3, -0.25) is 5.41 Å². The third kappa shape index (κ3) is 2.23. The van der Waals surface area contributed by atoms with Gasteiger partial charge in [-0.15, -0.1) is 0 Å². The van der Waals surface area contributed by atoms with Crippen molar-refractivity contribution in [2.24, 2.45) is 5.73 Å². The van der Waals surface area contributed by atoms with E-state index in [1.807, 2.05) is 30.6 Å². The average molecular weight is 320 g/mol. The highest BCUT2D eigenvalue weighted by Gasteiger charge is 2.18. The maximum absolute atomic E-state index is 7.45. The minimum absolute atomic E-state index is 0.0847. The van der Waals surface area contributed by atoms with Gasteiger partial charge in [-0.2, -0.15) is 0 Å². The van der Waals surface area contributed by atoms with Gasteiger partial charge in [0.25, 0.3) is 0 Å². The Hall–Kier alpha value is -1.82. The van der Waals surface area contributed by atoms with Gasteiger partial charge < -0.3 is 15.2 Å². The number of hydrogen-bond acceptors (Lipinski definition) is 3. The van der Waals surface area contributed by atoms with Crippen LogP contribution in [-0.2, 0) is 13.1 Å². The number of amidine groups is 1. The first-order valence-electron chi connectivity index (χ1n) is 6.04. The first-order valence-corrected chi connectivity index (χ1v) is 6.83. The van der Waals surface area contributed by atoms with Gasteiger partial charge in [0.2, 0.25) is 0 Å². The summed E-state index contributed by atoms with van der Waals surface area (Å²) < 4.78 is 3.13. The molecule has 1 aromatic heterocycles. The zero-order valence-corrected chi connectivity index (χ0v) is 11.9. The van der Waals surface area contributed by atoms with Crippen molar-refractivity contribution in [1.82, 2.24) is 9.55 Å². The highest BCUT2D eigenvalue weighted by molar-refractivity contribution is 9.10. The van der Waals surface area contributed by atoms with Crippen LogP contribution in [0.25, 0.3) is 0 Å². The maximum atomic E-state index is 7.45. The number of hydrogen-bond donors (Lipinski definition) is 2. The fourth-order valence-electron chi connectivity index (χ4n) is 2.31. The third-order valence-corrected chi connectivity index (χ3v) is 3.98. The third-order valence-electron chi connectivity index (χ3n) is 3.34. The molecule has 3 rings (SSSR count). The number of nitrogens with zero attached hydrogens (tertiary/aromatic N) is 3. The lowest BCUT2D eigenvalue weighted by atomic mass is 10.1. The van der Waals surface area contributed by atoms with Gasteiger partial charge in [0.1, 0.15) is 11.7 Å². The van der Waals surface area contributed by atoms with E-state index >= 15 is 0 Å². The number of nitrogens with two attached hydrogens (primary N) is 1. The van der Waals surface area contributed by atoms with Crippen LogP contribution < -0.4 is 10.6 Å². The van der Waals surface area contributed by atoms with E-state index in [1.165, 1.54) is 0 Å². The molecule has 1 aliphatic heterocycles. The van der Waals surface area contributed by atoms with Crippen molar-refractivity contribution in [1.29, 1.82) is 5.41 Å². The largest absolute Gasteiger partial charge is 0.384 e. The van der Waals surface area contributed by atoms with E-state index in [-0.39, 0.29) is 5.84 Å². The van der Waals surface area contributed by atoms with Crippen LogP contribution in [0.5, 0.6) is 0 Å². The average Bonchev–Trinajstić information content (AvgIpc) is 2.85.